The molecule has 0 saturated carbocycles. The Hall–Kier alpha value is -0.530. The van der Waals surface area contributed by atoms with Crippen LogP contribution in [0.4, 0.5) is 0 Å². The van der Waals surface area contributed by atoms with E-state index in [1.807, 2.05) is 0 Å². The Bertz CT molecular complexity index is 83.3. The second kappa shape index (κ2) is 6.59. The van der Waals surface area contributed by atoms with Gasteiger partial charge in [0.2, 0.25) is 0 Å². The van der Waals surface area contributed by atoms with Crippen LogP contribution in [0.1, 0.15) is 33.1 Å². The lowest BCUT2D eigenvalue weighted by Crippen LogP contribution is -2.20. The predicted octanol–water partition coefficient (Wildman–Crippen LogP) is 1.47. The molecule has 0 aromatic carbocycles. The van der Waals surface area contributed by atoms with Crippen molar-refractivity contribution in [2.75, 3.05) is 6.54 Å². The third-order valence-electron chi connectivity index (χ3n) is 1.74. The highest BCUT2D eigenvalue weighted by Crippen LogP contribution is 2.08. The Morgan fingerprint density at radius 3 is 2.60 bits per heavy atom. The highest BCUT2D eigenvalue weighted by atomic mass is 16.1. The van der Waals surface area contributed by atoms with Gasteiger partial charge in [0.25, 0.3) is 0 Å². The minimum absolute atomic E-state index is 0.645. The molecule has 0 saturated heterocycles. The maximum absolute atomic E-state index is 9.79. The summed E-state index contributed by atoms with van der Waals surface area (Å²) in [5.41, 5.74) is 0. The van der Waals surface area contributed by atoms with Crippen molar-refractivity contribution in [1.82, 2.24) is 5.32 Å². The molecule has 10 heavy (non-hydrogen) atoms. The van der Waals surface area contributed by atoms with Crippen LogP contribution in [0.15, 0.2) is 0 Å². The van der Waals surface area contributed by atoms with E-state index in [-0.39, 0.29) is 0 Å². The van der Waals surface area contributed by atoms with E-state index < -0.39 is 0 Å². The monoisotopic (exact) mass is 142 g/mol. The zero-order valence-electron chi connectivity index (χ0n) is 6.81. The second-order valence-electron chi connectivity index (χ2n) is 2.55. The van der Waals surface area contributed by atoms with Crippen molar-refractivity contribution in [3.05, 3.63) is 0 Å². The van der Waals surface area contributed by atoms with Gasteiger partial charge < -0.3 is 5.32 Å². The molecule has 0 heterocycles. The summed E-state index contributed by atoms with van der Waals surface area (Å²) in [6.07, 6.45) is 5.23. The zero-order valence-corrected chi connectivity index (χ0v) is 6.81. The minimum atomic E-state index is 0.645. The molecule has 1 amide bonds. The van der Waals surface area contributed by atoms with Gasteiger partial charge in [-0.05, 0) is 12.3 Å². The van der Waals surface area contributed by atoms with Gasteiger partial charge in [0, 0.05) is 6.54 Å². The van der Waals surface area contributed by atoms with Crippen LogP contribution < -0.4 is 5.32 Å². The Morgan fingerprint density at radius 1 is 1.50 bits per heavy atom. The summed E-state index contributed by atoms with van der Waals surface area (Å²) in [7, 11) is 0. The smallest absolute Gasteiger partial charge is 0.309 e. The molecular formula is C8H16NO. The highest BCUT2D eigenvalue weighted by molar-refractivity contribution is 5.46. The summed E-state index contributed by atoms with van der Waals surface area (Å²) in [6.45, 7) is 5.09. The first-order chi connectivity index (χ1) is 4.85. The topological polar surface area (TPSA) is 29.1 Å². The number of amides is 1. The fourth-order valence-electron chi connectivity index (χ4n) is 1.04. The molecule has 1 radical (unpaired) electrons. The summed E-state index contributed by atoms with van der Waals surface area (Å²) in [4.78, 5) is 9.79. The van der Waals surface area contributed by atoms with Gasteiger partial charge in [0.15, 0.2) is 0 Å². The summed E-state index contributed by atoms with van der Waals surface area (Å²) >= 11 is 0. The number of nitrogens with one attached hydrogen (secondary N) is 1. The third-order valence-corrected chi connectivity index (χ3v) is 1.74. The zero-order chi connectivity index (χ0) is 7.82. The molecule has 0 rings (SSSR count). The van der Waals surface area contributed by atoms with Crippen LogP contribution in [-0.2, 0) is 4.79 Å². The molecule has 0 aromatic rings. The van der Waals surface area contributed by atoms with E-state index >= 15 is 0 Å². The second-order valence-corrected chi connectivity index (χ2v) is 2.55. The maximum Gasteiger partial charge on any atom is 0.309 e. The lowest BCUT2D eigenvalue weighted by Gasteiger charge is -2.11. The SMILES string of the molecule is CCCC(CC)CN[C]=O. The van der Waals surface area contributed by atoms with Crippen LogP contribution in [0, 0.1) is 5.92 Å². The van der Waals surface area contributed by atoms with Crippen molar-refractivity contribution in [2.24, 2.45) is 5.92 Å². The first-order valence-electron chi connectivity index (χ1n) is 3.95. The van der Waals surface area contributed by atoms with E-state index in [1.165, 1.54) is 12.8 Å². The maximum atomic E-state index is 9.79. The Labute approximate surface area is 63.0 Å². The normalized spacial score (nSPS) is 12.6. The molecule has 0 aliphatic carbocycles. The van der Waals surface area contributed by atoms with Crippen molar-refractivity contribution in [2.45, 2.75) is 33.1 Å². The van der Waals surface area contributed by atoms with Crippen LogP contribution in [0.5, 0.6) is 0 Å². The van der Waals surface area contributed by atoms with Gasteiger partial charge in [-0.25, -0.2) is 0 Å². The van der Waals surface area contributed by atoms with Crippen molar-refractivity contribution in [1.29, 1.82) is 0 Å². The molecule has 2 nitrogen and oxygen atoms in total. The van der Waals surface area contributed by atoms with Crippen molar-refractivity contribution in [3.8, 4) is 0 Å². The summed E-state index contributed by atoms with van der Waals surface area (Å²) in [5, 5.41) is 2.58. The highest BCUT2D eigenvalue weighted by Gasteiger charge is 2.02. The first-order valence-corrected chi connectivity index (χ1v) is 3.95. The average molecular weight is 142 g/mol. The average Bonchev–Trinajstić information content (AvgIpc) is 1.98. The molecule has 1 N–H and O–H groups in total. The van der Waals surface area contributed by atoms with Crippen LogP contribution in [0.3, 0.4) is 0 Å². The summed E-state index contributed by atoms with van der Waals surface area (Å²) in [5.74, 6) is 0.645. The summed E-state index contributed by atoms with van der Waals surface area (Å²) < 4.78 is 0. The molecule has 1 atom stereocenters. The molecule has 0 fully saturated rings. The quantitative estimate of drug-likeness (QED) is 0.559. The van der Waals surface area contributed by atoms with Crippen LogP contribution >= 0.6 is 0 Å². The predicted molar refractivity (Wildman–Crippen MR) is 42.4 cm³/mol. The molecule has 59 valence electrons. The van der Waals surface area contributed by atoms with Crippen molar-refractivity contribution < 1.29 is 4.79 Å². The Morgan fingerprint density at radius 2 is 2.20 bits per heavy atom. The lowest BCUT2D eigenvalue weighted by molar-refractivity contribution is 0.448. The van der Waals surface area contributed by atoms with E-state index in [0.29, 0.717) is 5.92 Å². The fraction of sp³-hybridized carbons (Fsp3) is 0.875. The van der Waals surface area contributed by atoms with E-state index in [9.17, 15) is 4.79 Å². The Balaban J connectivity index is 3.29. The standard InChI is InChI=1S/C8H16NO/c1-3-5-8(4-2)6-9-7-10/h8H,3-6H2,1-2H3,(H,9,10). The summed E-state index contributed by atoms with van der Waals surface area (Å²) in [6, 6.07) is 0. The Kier molecular flexibility index (Phi) is 6.24. The van der Waals surface area contributed by atoms with E-state index in [4.69, 9.17) is 0 Å². The minimum Gasteiger partial charge on any atom is -0.348 e. The number of hydrogen-bond donors (Lipinski definition) is 1. The molecular weight excluding hydrogens is 126 g/mol. The van der Waals surface area contributed by atoms with E-state index in [0.717, 1.165) is 13.0 Å². The van der Waals surface area contributed by atoms with Crippen molar-refractivity contribution >= 4 is 6.41 Å². The molecule has 0 spiro atoms. The fourth-order valence-corrected chi connectivity index (χ4v) is 1.04. The van der Waals surface area contributed by atoms with Gasteiger partial charge in [-0.15, -0.1) is 0 Å². The van der Waals surface area contributed by atoms with Gasteiger partial charge in [0.05, 0.1) is 0 Å². The van der Waals surface area contributed by atoms with Gasteiger partial charge in [-0.3, -0.25) is 4.79 Å². The molecule has 0 bridgehead atoms. The molecule has 1 unspecified atom stereocenters. The van der Waals surface area contributed by atoms with Gasteiger partial charge in [0.1, 0.15) is 0 Å². The first kappa shape index (κ1) is 9.47. The van der Waals surface area contributed by atoms with Crippen LogP contribution in [0.25, 0.3) is 0 Å². The van der Waals surface area contributed by atoms with E-state index in [1.54, 1.807) is 6.41 Å². The number of hydrogen-bond acceptors (Lipinski definition) is 1. The number of carbonyl (C=O) groups excluding carboxylic acids is 1. The van der Waals surface area contributed by atoms with Gasteiger partial charge >= 0.3 is 6.41 Å². The molecule has 2 heteroatoms. The largest absolute Gasteiger partial charge is 0.348 e. The molecule has 0 aliphatic rings. The van der Waals surface area contributed by atoms with Crippen molar-refractivity contribution in [3.63, 3.8) is 0 Å². The number of rotatable bonds is 6. The van der Waals surface area contributed by atoms with Gasteiger partial charge in [-0.2, -0.15) is 0 Å². The molecule has 0 aliphatic heterocycles. The lowest BCUT2D eigenvalue weighted by atomic mass is 10.0. The van der Waals surface area contributed by atoms with Crippen LogP contribution in [0.2, 0.25) is 0 Å². The third kappa shape index (κ3) is 4.36. The van der Waals surface area contributed by atoms with Crippen LogP contribution in [-0.4, -0.2) is 13.0 Å². The van der Waals surface area contributed by atoms with E-state index in [2.05, 4.69) is 19.2 Å². The molecule has 0 aromatic heterocycles. The van der Waals surface area contributed by atoms with Gasteiger partial charge in [-0.1, -0.05) is 26.7 Å².